The number of aromatic nitrogens is 2. The molecule has 0 amide bonds. The largest absolute Gasteiger partial charge is 0.381 e. The van der Waals surface area contributed by atoms with Crippen LogP contribution in [0.15, 0.2) is 4.79 Å². The van der Waals surface area contributed by atoms with Crippen LogP contribution in [-0.2, 0) is 17.6 Å². The van der Waals surface area contributed by atoms with Crippen molar-refractivity contribution in [2.45, 2.75) is 38.0 Å². The van der Waals surface area contributed by atoms with Gasteiger partial charge in [-0.2, -0.15) is 0 Å². The molecule has 1 saturated heterocycles. The molecule has 1 aliphatic carbocycles. The van der Waals surface area contributed by atoms with Crippen molar-refractivity contribution in [3.05, 3.63) is 27.4 Å². The number of nitrogens with zero attached hydrogens (tertiary/aromatic N) is 1. The summed E-state index contributed by atoms with van der Waals surface area (Å²) >= 11 is 0. The molecule has 0 spiro atoms. The van der Waals surface area contributed by atoms with E-state index in [4.69, 9.17) is 4.74 Å². The fraction of sp³-hybridized carbons (Fsp3) is 0.667. The minimum Gasteiger partial charge on any atom is -0.381 e. The lowest BCUT2D eigenvalue weighted by Crippen LogP contribution is -2.24. The van der Waals surface area contributed by atoms with Crippen molar-refractivity contribution in [2.75, 3.05) is 13.2 Å². The number of nitrogens with one attached hydrogen (secondary N) is 1. The SMILES string of the molecule is O=c1[nH]c(C2CCOC2)nc2c1CCCC2. The number of hydrogen-bond acceptors (Lipinski definition) is 3. The van der Waals surface area contributed by atoms with Crippen molar-refractivity contribution in [2.24, 2.45) is 0 Å². The monoisotopic (exact) mass is 220 g/mol. The molecular weight excluding hydrogens is 204 g/mol. The van der Waals surface area contributed by atoms with Crippen molar-refractivity contribution in [3.63, 3.8) is 0 Å². The van der Waals surface area contributed by atoms with Crippen LogP contribution in [0.3, 0.4) is 0 Å². The second-order valence-corrected chi connectivity index (χ2v) is 4.64. The molecule has 1 unspecified atom stereocenters. The summed E-state index contributed by atoms with van der Waals surface area (Å²) in [6, 6.07) is 0. The molecule has 1 aromatic heterocycles. The summed E-state index contributed by atoms with van der Waals surface area (Å²) in [6.45, 7) is 1.48. The Morgan fingerprint density at radius 2 is 2.19 bits per heavy atom. The fourth-order valence-corrected chi connectivity index (χ4v) is 2.57. The smallest absolute Gasteiger partial charge is 0.254 e. The van der Waals surface area contributed by atoms with Gasteiger partial charge in [-0.05, 0) is 32.1 Å². The van der Waals surface area contributed by atoms with Crippen LogP contribution in [0.2, 0.25) is 0 Å². The summed E-state index contributed by atoms with van der Waals surface area (Å²) < 4.78 is 5.33. The van der Waals surface area contributed by atoms with E-state index < -0.39 is 0 Å². The van der Waals surface area contributed by atoms with Gasteiger partial charge in [0.15, 0.2) is 0 Å². The van der Waals surface area contributed by atoms with Crippen LogP contribution in [0.25, 0.3) is 0 Å². The van der Waals surface area contributed by atoms with Gasteiger partial charge in [0.2, 0.25) is 0 Å². The summed E-state index contributed by atoms with van der Waals surface area (Å²) in [7, 11) is 0. The van der Waals surface area contributed by atoms with Gasteiger partial charge in [-0.1, -0.05) is 0 Å². The van der Waals surface area contributed by atoms with E-state index in [2.05, 4.69) is 9.97 Å². The van der Waals surface area contributed by atoms with Crippen molar-refractivity contribution < 1.29 is 4.74 Å². The van der Waals surface area contributed by atoms with E-state index >= 15 is 0 Å². The Morgan fingerprint density at radius 1 is 1.31 bits per heavy atom. The number of aromatic amines is 1. The number of hydrogen-bond donors (Lipinski definition) is 1. The molecule has 0 aromatic carbocycles. The first-order valence-electron chi connectivity index (χ1n) is 6.04. The minimum atomic E-state index is 0.0756. The molecule has 1 aliphatic heterocycles. The van der Waals surface area contributed by atoms with E-state index in [-0.39, 0.29) is 5.56 Å². The molecule has 3 rings (SSSR count). The third kappa shape index (κ3) is 1.67. The molecular formula is C12H16N2O2. The van der Waals surface area contributed by atoms with Gasteiger partial charge in [0.1, 0.15) is 5.82 Å². The highest BCUT2D eigenvalue weighted by atomic mass is 16.5. The molecule has 1 fully saturated rings. The first kappa shape index (κ1) is 10.0. The summed E-state index contributed by atoms with van der Waals surface area (Å²) in [5, 5.41) is 0. The zero-order chi connectivity index (χ0) is 11.0. The van der Waals surface area contributed by atoms with Crippen LogP contribution in [0.4, 0.5) is 0 Å². The Hall–Kier alpha value is -1.16. The Balaban J connectivity index is 2.01. The van der Waals surface area contributed by atoms with Gasteiger partial charge in [0.25, 0.3) is 5.56 Å². The molecule has 4 heteroatoms. The van der Waals surface area contributed by atoms with Crippen LogP contribution >= 0.6 is 0 Å². The van der Waals surface area contributed by atoms with Gasteiger partial charge in [-0.25, -0.2) is 4.98 Å². The first-order chi connectivity index (χ1) is 7.84. The predicted molar refractivity (Wildman–Crippen MR) is 59.7 cm³/mol. The van der Waals surface area contributed by atoms with Gasteiger partial charge >= 0.3 is 0 Å². The van der Waals surface area contributed by atoms with Gasteiger partial charge < -0.3 is 9.72 Å². The van der Waals surface area contributed by atoms with Crippen LogP contribution in [-0.4, -0.2) is 23.2 Å². The number of rotatable bonds is 1. The average molecular weight is 220 g/mol. The third-order valence-electron chi connectivity index (χ3n) is 3.53. The minimum absolute atomic E-state index is 0.0756. The first-order valence-corrected chi connectivity index (χ1v) is 6.04. The quantitative estimate of drug-likeness (QED) is 0.772. The van der Waals surface area contributed by atoms with Crippen LogP contribution < -0.4 is 5.56 Å². The summed E-state index contributed by atoms with van der Waals surface area (Å²) in [5.41, 5.74) is 2.01. The fourth-order valence-electron chi connectivity index (χ4n) is 2.57. The summed E-state index contributed by atoms with van der Waals surface area (Å²) in [4.78, 5) is 19.5. The second kappa shape index (κ2) is 4.01. The maximum atomic E-state index is 11.9. The highest BCUT2D eigenvalue weighted by Crippen LogP contribution is 2.23. The van der Waals surface area contributed by atoms with Crippen LogP contribution in [0, 0.1) is 0 Å². The Bertz CT molecular complexity index is 447. The van der Waals surface area contributed by atoms with Gasteiger partial charge in [-0.3, -0.25) is 4.79 Å². The van der Waals surface area contributed by atoms with E-state index in [0.29, 0.717) is 12.5 Å². The molecule has 4 nitrogen and oxygen atoms in total. The number of fused-ring (bicyclic) bond motifs is 1. The standard InChI is InChI=1S/C12H16N2O2/c15-12-9-3-1-2-4-10(9)13-11(14-12)8-5-6-16-7-8/h8H,1-7H2,(H,13,14,15). The molecule has 0 radical (unpaired) electrons. The molecule has 2 aliphatic rings. The van der Waals surface area contributed by atoms with Crippen molar-refractivity contribution in [3.8, 4) is 0 Å². The Morgan fingerprint density at radius 3 is 3.00 bits per heavy atom. The maximum Gasteiger partial charge on any atom is 0.254 e. The van der Waals surface area contributed by atoms with E-state index in [1.54, 1.807) is 0 Å². The van der Waals surface area contributed by atoms with Crippen molar-refractivity contribution in [1.29, 1.82) is 0 Å². The average Bonchev–Trinajstić information content (AvgIpc) is 2.82. The van der Waals surface area contributed by atoms with Gasteiger partial charge in [0.05, 0.1) is 12.3 Å². The van der Waals surface area contributed by atoms with Crippen molar-refractivity contribution >= 4 is 0 Å². The molecule has 0 bridgehead atoms. The molecule has 16 heavy (non-hydrogen) atoms. The van der Waals surface area contributed by atoms with E-state index in [1.807, 2.05) is 0 Å². The lowest BCUT2D eigenvalue weighted by atomic mass is 9.96. The number of ether oxygens (including phenoxy) is 1. The molecule has 1 atom stereocenters. The third-order valence-corrected chi connectivity index (χ3v) is 3.53. The number of H-pyrrole nitrogens is 1. The molecule has 1 aromatic rings. The Kier molecular flexibility index (Phi) is 2.52. The molecule has 86 valence electrons. The lowest BCUT2D eigenvalue weighted by Gasteiger charge is -2.16. The molecule has 2 heterocycles. The second-order valence-electron chi connectivity index (χ2n) is 4.64. The predicted octanol–water partition coefficient (Wildman–Crippen LogP) is 1.15. The molecule has 1 N–H and O–H groups in total. The number of aryl methyl sites for hydroxylation is 1. The summed E-state index contributed by atoms with van der Waals surface area (Å²) in [5.74, 6) is 1.13. The topological polar surface area (TPSA) is 55.0 Å². The highest BCUT2D eigenvalue weighted by molar-refractivity contribution is 5.21. The normalized spacial score (nSPS) is 24.4. The van der Waals surface area contributed by atoms with E-state index in [9.17, 15) is 4.79 Å². The van der Waals surface area contributed by atoms with Crippen molar-refractivity contribution in [1.82, 2.24) is 9.97 Å². The zero-order valence-corrected chi connectivity index (χ0v) is 9.29. The zero-order valence-electron chi connectivity index (χ0n) is 9.29. The summed E-state index contributed by atoms with van der Waals surface area (Å²) in [6.07, 6.45) is 5.09. The van der Waals surface area contributed by atoms with E-state index in [0.717, 1.165) is 55.8 Å². The highest BCUT2D eigenvalue weighted by Gasteiger charge is 2.23. The van der Waals surface area contributed by atoms with Gasteiger partial charge in [-0.15, -0.1) is 0 Å². The Labute approximate surface area is 94.1 Å². The maximum absolute atomic E-state index is 11.9. The van der Waals surface area contributed by atoms with Crippen LogP contribution in [0.1, 0.15) is 42.3 Å². The van der Waals surface area contributed by atoms with Crippen LogP contribution in [0.5, 0.6) is 0 Å². The van der Waals surface area contributed by atoms with E-state index in [1.165, 1.54) is 0 Å². The lowest BCUT2D eigenvalue weighted by molar-refractivity contribution is 0.193. The van der Waals surface area contributed by atoms with Gasteiger partial charge in [0, 0.05) is 18.1 Å². The molecule has 0 saturated carbocycles.